The third-order valence-corrected chi connectivity index (χ3v) is 4.26. The van der Waals surface area contributed by atoms with E-state index in [1.807, 2.05) is 0 Å². The Morgan fingerprint density at radius 1 is 1.64 bits per heavy atom. The first-order valence-electron chi connectivity index (χ1n) is 5.34. The minimum Gasteiger partial charge on any atom is -0.327 e. The summed E-state index contributed by atoms with van der Waals surface area (Å²) in [5.41, 5.74) is 7.51. The van der Waals surface area contributed by atoms with Crippen molar-refractivity contribution in [3.8, 4) is 0 Å². The van der Waals surface area contributed by atoms with Gasteiger partial charge in [-0.2, -0.15) is 0 Å². The molecule has 0 amide bonds. The molecule has 2 N–H and O–H groups in total. The molecule has 1 aromatic heterocycles. The second-order valence-electron chi connectivity index (χ2n) is 4.58. The van der Waals surface area contributed by atoms with Crippen LogP contribution in [-0.2, 0) is 11.8 Å². The molecule has 0 spiro atoms. The topological polar surface area (TPSA) is 38.9 Å². The highest BCUT2D eigenvalue weighted by Gasteiger charge is 2.41. The van der Waals surface area contributed by atoms with Gasteiger partial charge in [0.1, 0.15) is 0 Å². The van der Waals surface area contributed by atoms with Crippen molar-refractivity contribution in [1.29, 1.82) is 0 Å². The molecule has 78 valence electrons. The number of nitrogens with zero attached hydrogens (tertiary/aromatic N) is 1. The first-order chi connectivity index (χ1) is 6.64. The molecular weight excluding hydrogens is 192 g/mol. The first kappa shape index (κ1) is 10.1. The van der Waals surface area contributed by atoms with Crippen molar-refractivity contribution in [3.05, 3.63) is 16.1 Å². The number of thiazole rings is 1. The van der Waals surface area contributed by atoms with Crippen LogP contribution < -0.4 is 5.73 Å². The van der Waals surface area contributed by atoms with Crippen molar-refractivity contribution in [2.24, 2.45) is 5.73 Å². The minimum absolute atomic E-state index is 0.275. The van der Waals surface area contributed by atoms with Gasteiger partial charge in [-0.1, -0.05) is 13.8 Å². The standard InChI is InChI=1S/C11H18N2S/c1-3-8(12)6-9-7-14-10(13-9)11(2)4-5-11/h7-8H,3-6,12H2,1-2H3. The molecule has 3 heteroatoms. The van der Waals surface area contributed by atoms with Crippen LogP contribution in [0.4, 0.5) is 0 Å². The zero-order valence-corrected chi connectivity index (χ0v) is 9.73. The van der Waals surface area contributed by atoms with E-state index in [0.29, 0.717) is 5.41 Å². The summed E-state index contributed by atoms with van der Waals surface area (Å²) < 4.78 is 0. The fraction of sp³-hybridized carbons (Fsp3) is 0.727. The van der Waals surface area contributed by atoms with E-state index in [1.54, 1.807) is 11.3 Å². The van der Waals surface area contributed by atoms with Crippen LogP contribution in [0.15, 0.2) is 5.38 Å². The molecule has 0 bridgehead atoms. The zero-order chi connectivity index (χ0) is 10.2. The van der Waals surface area contributed by atoms with Gasteiger partial charge in [-0.3, -0.25) is 0 Å². The van der Waals surface area contributed by atoms with Crippen LogP contribution in [0.3, 0.4) is 0 Å². The number of rotatable bonds is 4. The van der Waals surface area contributed by atoms with E-state index in [-0.39, 0.29) is 6.04 Å². The number of hydrogen-bond donors (Lipinski definition) is 1. The van der Waals surface area contributed by atoms with Gasteiger partial charge in [0.25, 0.3) is 0 Å². The van der Waals surface area contributed by atoms with Gasteiger partial charge in [-0.15, -0.1) is 11.3 Å². The molecule has 1 aromatic rings. The van der Waals surface area contributed by atoms with Crippen molar-refractivity contribution >= 4 is 11.3 Å². The van der Waals surface area contributed by atoms with E-state index in [1.165, 1.54) is 23.5 Å². The van der Waals surface area contributed by atoms with Crippen molar-refractivity contribution in [2.75, 3.05) is 0 Å². The third-order valence-electron chi connectivity index (χ3n) is 3.06. The Kier molecular flexibility index (Phi) is 2.62. The summed E-state index contributed by atoms with van der Waals surface area (Å²) in [6.45, 7) is 4.43. The van der Waals surface area contributed by atoms with Crippen molar-refractivity contribution in [1.82, 2.24) is 4.98 Å². The van der Waals surface area contributed by atoms with Gasteiger partial charge in [0.15, 0.2) is 0 Å². The molecule has 0 aromatic carbocycles. The molecular formula is C11H18N2S. The van der Waals surface area contributed by atoms with E-state index in [4.69, 9.17) is 5.73 Å². The van der Waals surface area contributed by atoms with Gasteiger partial charge in [-0.05, 0) is 19.3 Å². The molecule has 1 unspecified atom stereocenters. The van der Waals surface area contributed by atoms with Crippen LogP contribution in [0.5, 0.6) is 0 Å². The predicted octanol–water partition coefficient (Wildman–Crippen LogP) is 2.47. The molecule has 0 radical (unpaired) electrons. The monoisotopic (exact) mass is 210 g/mol. The fourth-order valence-corrected chi connectivity index (χ4v) is 2.55. The number of nitrogens with two attached hydrogens (primary N) is 1. The van der Waals surface area contributed by atoms with Crippen LogP contribution in [-0.4, -0.2) is 11.0 Å². The van der Waals surface area contributed by atoms with Crippen LogP contribution in [0.2, 0.25) is 0 Å². The molecule has 1 heterocycles. The third kappa shape index (κ3) is 1.98. The average Bonchev–Trinajstić information content (AvgIpc) is 2.75. The highest BCUT2D eigenvalue weighted by atomic mass is 32.1. The van der Waals surface area contributed by atoms with Crippen LogP contribution >= 0.6 is 11.3 Å². The van der Waals surface area contributed by atoms with E-state index in [0.717, 1.165) is 12.8 Å². The summed E-state index contributed by atoms with van der Waals surface area (Å²) in [5, 5.41) is 3.49. The molecule has 1 aliphatic carbocycles. The van der Waals surface area contributed by atoms with Gasteiger partial charge in [0, 0.05) is 23.3 Å². The summed E-state index contributed by atoms with van der Waals surface area (Å²) in [5.74, 6) is 0. The lowest BCUT2D eigenvalue weighted by atomic mass is 10.1. The average molecular weight is 210 g/mol. The smallest absolute Gasteiger partial charge is 0.0987 e. The first-order valence-corrected chi connectivity index (χ1v) is 6.22. The predicted molar refractivity (Wildman–Crippen MR) is 60.7 cm³/mol. The Labute approximate surface area is 89.5 Å². The van der Waals surface area contributed by atoms with Gasteiger partial charge in [0.2, 0.25) is 0 Å². The molecule has 14 heavy (non-hydrogen) atoms. The normalized spacial score (nSPS) is 20.8. The summed E-state index contributed by atoms with van der Waals surface area (Å²) >= 11 is 1.80. The zero-order valence-electron chi connectivity index (χ0n) is 8.92. The summed E-state index contributed by atoms with van der Waals surface area (Å²) in [4.78, 5) is 4.67. The Balaban J connectivity index is 2.03. The lowest BCUT2D eigenvalue weighted by molar-refractivity contribution is 0.635. The minimum atomic E-state index is 0.275. The molecule has 1 saturated carbocycles. The molecule has 1 aliphatic rings. The lowest BCUT2D eigenvalue weighted by Gasteiger charge is -2.05. The highest BCUT2D eigenvalue weighted by Crippen LogP contribution is 2.48. The molecule has 2 nitrogen and oxygen atoms in total. The largest absolute Gasteiger partial charge is 0.327 e. The molecule has 0 saturated heterocycles. The SMILES string of the molecule is CCC(N)Cc1csc(C2(C)CC2)n1. The van der Waals surface area contributed by atoms with Crippen molar-refractivity contribution in [2.45, 2.75) is 51.0 Å². The van der Waals surface area contributed by atoms with Gasteiger partial charge in [-0.25, -0.2) is 4.98 Å². The summed E-state index contributed by atoms with van der Waals surface area (Å²) in [6, 6.07) is 0.275. The highest BCUT2D eigenvalue weighted by molar-refractivity contribution is 7.09. The quantitative estimate of drug-likeness (QED) is 0.829. The summed E-state index contributed by atoms with van der Waals surface area (Å²) in [6.07, 6.45) is 4.58. The van der Waals surface area contributed by atoms with Crippen molar-refractivity contribution in [3.63, 3.8) is 0 Å². The van der Waals surface area contributed by atoms with Crippen LogP contribution in [0, 0.1) is 0 Å². The lowest BCUT2D eigenvalue weighted by Crippen LogP contribution is -2.21. The maximum atomic E-state index is 5.90. The Hall–Kier alpha value is -0.410. The second kappa shape index (κ2) is 3.63. The van der Waals surface area contributed by atoms with Gasteiger partial charge < -0.3 is 5.73 Å². The van der Waals surface area contributed by atoms with Crippen LogP contribution in [0.1, 0.15) is 43.8 Å². The molecule has 2 rings (SSSR count). The van der Waals surface area contributed by atoms with Gasteiger partial charge in [0.05, 0.1) is 10.7 Å². The number of aromatic nitrogens is 1. The maximum absolute atomic E-state index is 5.90. The second-order valence-corrected chi connectivity index (χ2v) is 5.44. The van der Waals surface area contributed by atoms with Gasteiger partial charge >= 0.3 is 0 Å². The van der Waals surface area contributed by atoms with E-state index in [9.17, 15) is 0 Å². The molecule has 0 aliphatic heterocycles. The van der Waals surface area contributed by atoms with E-state index >= 15 is 0 Å². The fourth-order valence-electron chi connectivity index (χ4n) is 1.49. The molecule has 1 atom stereocenters. The van der Waals surface area contributed by atoms with Crippen LogP contribution in [0.25, 0.3) is 0 Å². The number of hydrogen-bond acceptors (Lipinski definition) is 3. The Morgan fingerprint density at radius 2 is 2.36 bits per heavy atom. The summed E-state index contributed by atoms with van der Waals surface area (Å²) in [7, 11) is 0. The van der Waals surface area contributed by atoms with Crippen molar-refractivity contribution < 1.29 is 0 Å². The Morgan fingerprint density at radius 3 is 2.93 bits per heavy atom. The van der Waals surface area contributed by atoms with E-state index in [2.05, 4.69) is 24.2 Å². The molecule has 1 fully saturated rings. The maximum Gasteiger partial charge on any atom is 0.0987 e. The Bertz CT molecular complexity index is 315. The van der Waals surface area contributed by atoms with E-state index < -0.39 is 0 Å².